The number of nitrogens with zero attached hydrogens (tertiary/aromatic N) is 1. The summed E-state index contributed by atoms with van der Waals surface area (Å²) in [6, 6.07) is 17.1. The summed E-state index contributed by atoms with van der Waals surface area (Å²) in [5.74, 6) is -1.88. The van der Waals surface area contributed by atoms with Crippen LogP contribution in [0.25, 0.3) is 0 Å². The number of hydrogen-bond donors (Lipinski definition) is 2. The zero-order valence-electron chi connectivity index (χ0n) is 18.8. The quantitative estimate of drug-likeness (QED) is 0.399. The van der Waals surface area contributed by atoms with Crippen LogP contribution in [0.1, 0.15) is 28.4 Å². The Bertz CT molecular complexity index is 1380. The lowest BCUT2D eigenvalue weighted by Gasteiger charge is -2.18. The Kier molecular flexibility index (Phi) is 6.85. The minimum atomic E-state index is -4.53. The van der Waals surface area contributed by atoms with Gasteiger partial charge < -0.3 is 10.6 Å². The molecule has 3 amide bonds. The van der Waals surface area contributed by atoms with Gasteiger partial charge in [0, 0.05) is 16.9 Å². The molecule has 0 saturated heterocycles. The normalized spacial score (nSPS) is 13.9. The maximum atomic E-state index is 13.0. The zero-order valence-corrected chi connectivity index (χ0v) is 19.6. The molecule has 3 aromatic carbocycles. The summed E-state index contributed by atoms with van der Waals surface area (Å²) in [5.41, 5.74) is 0.824. The van der Waals surface area contributed by atoms with Crippen LogP contribution in [0.15, 0.2) is 83.5 Å². The summed E-state index contributed by atoms with van der Waals surface area (Å²) >= 11 is 6.19. The van der Waals surface area contributed by atoms with Crippen LogP contribution in [-0.4, -0.2) is 17.7 Å². The number of hydrogen-bond acceptors (Lipinski definition) is 4. The molecule has 3 aromatic rings. The molecular formula is C26H19ClF3N3O3. The molecule has 1 aliphatic rings. The molecule has 0 unspecified atom stereocenters. The van der Waals surface area contributed by atoms with Crippen molar-refractivity contribution in [3.05, 3.63) is 100 Å². The molecule has 0 aliphatic carbocycles. The molecule has 0 radical (unpaired) electrons. The third kappa shape index (κ3) is 4.96. The Balaban J connectivity index is 1.48. The van der Waals surface area contributed by atoms with Crippen molar-refractivity contribution < 1.29 is 27.6 Å². The van der Waals surface area contributed by atoms with Gasteiger partial charge in [-0.05, 0) is 60.5 Å². The van der Waals surface area contributed by atoms with Crippen molar-refractivity contribution in [2.75, 3.05) is 15.5 Å². The highest BCUT2D eigenvalue weighted by atomic mass is 35.5. The van der Waals surface area contributed by atoms with Crippen molar-refractivity contribution in [1.82, 2.24) is 0 Å². The number of benzene rings is 3. The van der Waals surface area contributed by atoms with Gasteiger partial charge in [-0.15, -0.1) is 0 Å². The molecule has 6 nitrogen and oxygen atoms in total. The van der Waals surface area contributed by atoms with Crippen LogP contribution < -0.4 is 15.5 Å². The molecule has 0 spiro atoms. The van der Waals surface area contributed by atoms with Crippen molar-refractivity contribution in [3.8, 4) is 0 Å². The highest BCUT2D eigenvalue weighted by Gasteiger charge is 2.39. The van der Waals surface area contributed by atoms with Crippen molar-refractivity contribution in [2.45, 2.75) is 19.5 Å². The Hall–Kier alpha value is -4.11. The second kappa shape index (κ2) is 9.87. The second-order valence-corrected chi connectivity index (χ2v) is 8.23. The van der Waals surface area contributed by atoms with Gasteiger partial charge in [-0.2, -0.15) is 13.2 Å². The van der Waals surface area contributed by atoms with Gasteiger partial charge in [0.15, 0.2) is 0 Å². The van der Waals surface area contributed by atoms with Crippen LogP contribution in [0.4, 0.5) is 30.2 Å². The SMILES string of the molecule is CCc1ccccc1N1C(=O)C(Cl)=C(Nc2ccc(C(=O)Nc3cccc(C(F)(F)F)c3)cc2)C1=O. The lowest BCUT2D eigenvalue weighted by atomic mass is 10.1. The standard InChI is InChI=1S/C26H19ClF3N3O3/c1-2-15-6-3-4-9-20(15)33-24(35)21(27)22(25(33)36)31-18-12-10-16(11-13-18)23(34)32-19-8-5-7-17(14-19)26(28,29)30/h3-14,31H,2H2,1H3,(H,32,34). The van der Waals surface area contributed by atoms with Crippen LogP contribution in [0.3, 0.4) is 0 Å². The van der Waals surface area contributed by atoms with Crippen LogP contribution in [-0.2, 0) is 22.2 Å². The van der Waals surface area contributed by atoms with Gasteiger partial charge in [-0.25, -0.2) is 4.90 Å². The summed E-state index contributed by atoms with van der Waals surface area (Å²) in [6.07, 6.45) is -3.92. The molecule has 1 heterocycles. The number of imide groups is 1. The number of amides is 3. The van der Waals surface area contributed by atoms with Gasteiger partial charge in [0.1, 0.15) is 10.7 Å². The van der Waals surface area contributed by atoms with Crippen molar-refractivity contribution in [2.24, 2.45) is 0 Å². The number of nitrogens with one attached hydrogen (secondary N) is 2. The van der Waals surface area contributed by atoms with E-state index in [9.17, 15) is 27.6 Å². The summed E-state index contributed by atoms with van der Waals surface area (Å²) in [6.45, 7) is 1.91. The molecule has 36 heavy (non-hydrogen) atoms. The molecule has 10 heteroatoms. The number of alkyl halides is 3. The van der Waals surface area contributed by atoms with Gasteiger partial charge in [0.25, 0.3) is 17.7 Å². The minimum Gasteiger partial charge on any atom is -0.350 e. The van der Waals surface area contributed by atoms with E-state index < -0.39 is 29.5 Å². The number of aryl methyl sites for hydroxylation is 1. The first-order valence-electron chi connectivity index (χ1n) is 10.8. The van der Waals surface area contributed by atoms with Crippen LogP contribution >= 0.6 is 11.6 Å². The van der Waals surface area contributed by atoms with Crippen LogP contribution in [0.2, 0.25) is 0 Å². The fourth-order valence-corrected chi connectivity index (χ4v) is 3.90. The average Bonchev–Trinajstić information content (AvgIpc) is 3.07. The number of carbonyl (C=O) groups is 3. The van der Waals surface area contributed by atoms with E-state index in [1.807, 2.05) is 19.1 Å². The van der Waals surface area contributed by atoms with Crippen LogP contribution in [0.5, 0.6) is 0 Å². The molecule has 0 bridgehead atoms. The predicted molar refractivity (Wildman–Crippen MR) is 131 cm³/mol. The van der Waals surface area contributed by atoms with E-state index >= 15 is 0 Å². The Morgan fingerprint density at radius 2 is 1.61 bits per heavy atom. The average molecular weight is 514 g/mol. The van der Waals surface area contributed by atoms with Crippen molar-refractivity contribution in [1.29, 1.82) is 0 Å². The molecule has 4 rings (SSSR count). The van der Waals surface area contributed by atoms with Crippen molar-refractivity contribution >= 4 is 46.4 Å². The molecule has 2 N–H and O–H groups in total. The van der Waals surface area contributed by atoms with E-state index in [1.165, 1.54) is 36.4 Å². The maximum Gasteiger partial charge on any atom is 0.416 e. The predicted octanol–water partition coefficient (Wildman–Crippen LogP) is 5.96. The fraction of sp³-hybridized carbons (Fsp3) is 0.115. The van der Waals surface area contributed by atoms with E-state index in [1.54, 1.807) is 12.1 Å². The van der Waals surface area contributed by atoms with Gasteiger partial charge in [-0.3, -0.25) is 14.4 Å². The number of rotatable bonds is 6. The topological polar surface area (TPSA) is 78.5 Å². The van der Waals surface area contributed by atoms with Crippen LogP contribution in [0, 0.1) is 0 Å². The van der Waals surface area contributed by atoms with Gasteiger partial charge in [0.05, 0.1) is 11.3 Å². The van der Waals surface area contributed by atoms with Gasteiger partial charge in [-0.1, -0.05) is 42.8 Å². The Morgan fingerprint density at radius 1 is 0.917 bits per heavy atom. The summed E-state index contributed by atoms with van der Waals surface area (Å²) in [5, 5.41) is 4.98. The summed E-state index contributed by atoms with van der Waals surface area (Å²) < 4.78 is 38.7. The largest absolute Gasteiger partial charge is 0.416 e. The second-order valence-electron chi connectivity index (χ2n) is 7.85. The number of anilines is 3. The first-order valence-corrected chi connectivity index (χ1v) is 11.2. The lowest BCUT2D eigenvalue weighted by Crippen LogP contribution is -2.33. The number of carbonyl (C=O) groups excluding carboxylic acids is 3. The van der Waals surface area contributed by atoms with Crippen molar-refractivity contribution in [3.63, 3.8) is 0 Å². The third-order valence-electron chi connectivity index (χ3n) is 5.50. The summed E-state index contributed by atoms with van der Waals surface area (Å²) in [7, 11) is 0. The molecule has 0 aromatic heterocycles. The molecule has 0 atom stereocenters. The number of para-hydroxylation sites is 1. The Morgan fingerprint density at radius 3 is 2.28 bits per heavy atom. The highest BCUT2D eigenvalue weighted by Crippen LogP contribution is 2.33. The zero-order chi connectivity index (χ0) is 26.0. The summed E-state index contributed by atoms with van der Waals surface area (Å²) in [4.78, 5) is 39.3. The molecule has 184 valence electrons. The van der Waals surface area contributed by atoms with E-state index in [4.69, 9.17) is 11.6 Å². The maximum absolute atomic E-state index is 13.0. The van der Waals surface area contributed by atoms with Gasteiger partial charge in [0.2, 0.25) is 0 Å². The molecule has 1 aliphatic heterocycles. The first kappa shape index (κ1) is 25.0. The monoisotopic (exact) mass is 513 g/mol. The van der Waals surface area contributed by atoms with Gasteiger partial charge >= 0.3 is 6.18 Å². The minimum absolute atomic E-state index is 0.00326. The van der Waals surface area contributed by atoms with E-state index in [2.05, 4.69) is 10.6 Å². The highest BCUT2D eigenvalue weighted by molar-refractivity contribution is 6.53. The Labute approximate surface area is 209 Å². The third-order valence-corrected chi connectivity index (χ3v) is 5.86. The fourth-order valence-electron chi connectivity index (χ4n) is 3.68. The van der Waals surface area contributed by atoms with E-state index in [0.29, 0.717) is 17.8 Å². The lowest BCUT2D eigenvalue weighted by molar-refractivity contribution is -0.137. The molecule has 0 saturated carbocycles. The van der Waals surface area contributed by atoms with E-state index in [-0.39, 0.29) is 22.0 Å². The first-order chi connectivity index (χ1) is 17.1. The smallest absolute Gasteiger partial charge is 0.350 e. The number of halogens is 4. The molecular weight excluding hydrogens is 495 g/mol. The molecule has 0 fully saturated rings. The van der Waals surface area contributed by atoms with E-state index in [0.717, 1.165) is 22.6 Å².